The van der Waals surface area contributed by atoms with E-state index in [2.05, 4.69) is 17.1 Å². The van der Waals surface area contributed by atoms with Crippen molar-refractivity contribution < 1.29 is 19.0 Å². The summed E-state index contributed by atoms with van der Waals surface area (Å²) >= 11 is 0. The number of piperidine rings is 1. The van der Waals surface area contributed by atoms with Gasteiger partial charge in [0.05, 0.1) is 26.2 Å². The Kier molecular flexibility index (Phi) is 11.9. The van der Waals surface area contributed by atoms with Gasteiger partial charge in [-0.15, -0.1) is 24.0 Å². The molecule has 8 heteroatoms. The highest BCUT2D eigenvalue weighted by atomic mass is 127. The smallest absolute Gasteiger partial charge is 0.308 e. The van der Waals surface area contributed by atoms with Crippen LogP contribution in [-0.2, 0) is 20.8 Å². The van der Waals surface area contributed by atoms with Crippen molar-refractivity contribution in [3.63, 3.8) is 0 Å². The molecule has 1 aliphatic rings. The highest BCUT2D eigenvalue weighted by Crippen LogP contribution is 2.19. The zero-order valence-electron chi connectivity index (χ0n) is 17.0. The molecule has 1 aromatic carbocycles. The lowest BCUT2D eigenvalue weighted by Gasteiger charge is -2.33. The number of esters is 1. The minimum Gasteiger partial charge on any atom is -0.491 e. The van der Waals surface area contributed by atoms with Gasteiger partial charge in [-0.2, -0.15) is 0 Å². The number of hydrogen-bond donors (Lipinski definition) is 1. The number of guanidine groups is 1. The number of halogens is 1. The first-order valence-electron chi connectivity index (χ1n) is 9.49. The van der Waals surface area contributed by atoms with Crippen LogP contribution in [0.15, 0.2) is 29.3 Å². The van der Waals surface area contributed by atoms with Gasteiger partial charge in [-0.05, 0) is 37.5 Å². The van der Waals surface area contributed by atoms with E-state index in [4.69, 9.17) is 19.2 Å². The first-order valence-corrected chi connectivity index (χ1v) is 9.49. The highest BCUT2D eigenvalue weighted by Gasteiger charge is 2.26. The predicted octanol–water partition coefficient (Wildman–Crippen LogP) is 2.68. The Morgan fingerprint density at radius 1 is 1.18 bits per heavy atom. The fourth-order valence-corrected chi connectivity index (χ4v) is 3.02. The molecule has 7 nitrogen and oxygen atoms in total. The molecular formula is C20H32IN3O4. The third kappa shape index (κ3) is 7.83. The van der Waals surface area contributed by atoms with Gasteiger partial charge < -0.3 is 24.4 Å². The average molecular weight is 505 g/mol. The SMILES string of the molecule is CCNC(=NCc1ccc(OCCOC)cc1)N1CCC(C(=O)OC)CC1.I. The maximum absolute atomic E-state index is 11.7. The van der Waals surface area contributed by atoms with Crippen molar-refractivity contribution in [1.82, 2.24) is 10.2 Å². The first kappa shape index (κ1) is 24.5. The summed E-state index contributed by atoms with van der Waals surface area (Å²) in [7, 11) is 3.11. The zero-order chi connectivity index (χ0) is 19.5. The molecule has 0 aromatic heterocycles. The van der Waals surface area contributed by atoms with Gasteiger partial charge in [0.25, 0.3) is 0 Å². The molecule has 1 saturated heterocycles. The molecule has 0 atom stereocenters. The third-order valence-corrected chi connectivity index (χ3v) is 4.55. The molecule has 0 saturated carbocycles. The largest absolute Gasteiger partial charge is 0.491 e. The number of methoxy groups -OCH3 is 2. The van der Waals surface area contributed by atoms with E-state index in [0.717, 1.165) is 49.7 Å². The van der Waals surface area contributed by atoms with Crippen molar-refractivity contribution >= 4 is 35.9 Å². The van der Waals surface area contributed by atoms with E-state index in [1.165, 1.54) is 7.11 Å². The van der Waals surface area contributed by atoms with Crippen LogP contribution in [0.4, 0.5) is 0 Å². The zero-order valence-corrected chi connectivity index (χ0v) is 19.3. The summed E-state index contributed by atoms with van der Waals surface area (Å²) in [6.45, 7) is 6.18. The standard InChI is InChI=1S/C20H31N3O4.HI/c1-4-21-20(23-11-9-17(10-12-23)19(24)26-3)22-15-16-5-7-18(8-6-16)27-14-13-25-2;/h5-8,17H,4,9-15H2,1-3H3,(H,21,22);1H. The number of carbonyl (C=O) groups is 1. The number of nitrogens with zero attached hydrogens (tertiary/aromatic N) is 2. The van der Waals surface area contributed by atoms with Crippen molar-refractivity contribution in [2.45, 2.75) is 26.3 Å². The van der Waals surface area contributed by atoms with Crippen LogP contribution < -0.4 is 10.1 Å². The quantitative estimate of drug-likeness (QED) is 0.193. The van der Waals surface area contributed by atoms with Crippen molar-refractivity contribution in [1.29, 1.82) is 0 Å². The Morgan fingerprint density at radius 2 is 1.86 bits per heavy atom. The number of likely N-dealkylation sites (tertiary alicyclic amines) is 1. The van der Waals surface area contributed by atoms with E-state index in [0.29, 0.717) is 19.8 Å². The van der Waals surface area contributed by atoms with Crippen LogP contribution in [0.5, 0.6) is 5.75 Å². The molecule has 0 spiro atoms. The number of benzene rings is 1. The maximum atomic E-state index is 11.7. The Morgan fingerprint density at radius 3 is 2.43 bits per heavy atom. The van der Waals surface area contributed by atoms with Gasteiger partial charge in [0, 0.05) is 26.7 Å². The van der Waals surface area contributed by atoms with Crippen molar-refractivity contribution in [3.8, 4) is 5.75 Å². The molecule has 0 bridgehead atoms. The molecule has 0 amide bonds. The van der Waals surface area contributed by atoms with Crippen molar-refractivity contribution in [3.05, 3.63) is 29.8 Å². The van der Waals surface area contributed by atoms with Gasteiger partial charge in [0.2, 0.25) is 0 Å². The van der Waals surface area contributed by atoms with Crippen LogP contribution in [0.3, 0.4) is 0 Å². The highest BCUT2D eigenvalue weighted by molar-refractivity contribution is 14.0. The number of carbonyl (C=O) groups excluding carboxylic acids is 1. The molecular weight excluding hydrogens is 473 g/mol. The predicted molar refractivity (Wildman–Crippen MR) is 120 cm³/mol. The second-order valence-corrected chi connectivity index (χ2v) is 6.44. The minimum absolute atomic E-state index is 0. The summed E-state index contributed by atoms with van der Waals surface area (Å²) in [4.78, 5) is 18.7. The lowest BCUT2D eigenvalue weighted by atomic mass is 9.97. The van der Waals surface area contributed by atoms with E-state index in [1.54, 1.807) is 7.11 Å². The second kappa shape index (κ2) is 13.6. The van der Waals surface area contributed by atoms with E-state index < -0.39 is 0 Å². The second-order valence-electron chi connectivity index (χ2n) is 6.44. The molecule has 158 valence electrons. The number of ether oxygens (including phenoxy) is 3. The van der Waals surface area contributed by atoms with Crippen LogP contribution in [-0.4, -0.2) is 63.9 Å². The van der Waals surface area contributed by atoms with E-state index >= 15 is 0 Å². The Labute approximate surface area is 184 Å². The molecule has 1 heterocycles. The topological polar surface area (TPSA) is 72.4 Å². The van der Waals surface area contributed by atoms with E-state index in [-0.39, 0.29) is 35.9 Å². The number of aliphatic imine (C=N–C) groups is 1. The van der Waals surface area contributed by atoms with Crippen LogP contribution in [0, 0.1) is 5.92 Å². The summed E-state index contributed by atoms with van der Waals surface area (Å²) in [6, 6.07) is 7.96. The molecule has 1 N–H and O–H groups in total. The lowest BCUT2D eigenvalue weighted by molar-refractivity contribution is -0.146. The summed E-state index contributed by atoms with van der Waals surface area (Å²) in [5.41, 5.74) is 1.12. The maximum Gasteiger partial charge on any atom is 0.308 e. The molecule has 1 aliphatic heterocycles. The van der Waals surface area contributed by atoms with Gasteiger partial charge in [0.15, 0.2) is 5.96 Å². The van der Waals surface area contributed by atoms with Gasteiger partial charge in [-0.25, -0.2) is 4.99 Å². The summed E-state index contributed by atoms with van der Waals surface area (Å²) in [5, 5.41) is 3.35. The number of rotatable bonds is 8. The Hall–Kier alpha value is -1.55. The molecule has 0 aliphatic carbocycles. The van der Waals surface area contributed by atoms with Crippen LogP contribution >= 0.6 is 24.0 Å². The Bertz CT molecular complexity index is 602. The van der Waals surface area contributed by atoms with E-state index in [1.807, 2.05) is 24.3 Å². The molecule has 28 heavy (non-hydrogen) atoms. The van der Waals surface area contributed by atoms with Gasteiger partial charge >= 0.3 is 5.97 Å². The molecule has 1 fully saturated rings. The van der Waals surface area contributed by atoms with E-state index in [9.17, 15) is 4.79 Å². The molecule has 1 aromatic rings. The van der Waals surface area contributed by atoms with Crippen LogP contribution in [0.25, 0.3) is 0 Å². The fraction of sp³-hybridized carbons (Fsp3) is 0.600. The number of nitrogens with one attached hydrogen (secondary N) is 1. The Balaban J connectivity index is 0.00000392. The summed E-state index contributed by atoms with van der Waals surface area (Å²) in [5.74, 6) is 1.61. The van der Waals surface area contributed by atoms with Gasteiger partial charge in [0.1, 0.15) is 12.4 Å². The average Bonchev–Trinajstić information content (AvgIpc) is 2.72. The third-order valence-electron chi connectivity index (χ3n) is 4.55. The lowest BCUT2D eigenvalue weighted by Crippen LogP contribution is -2.46. The normalized spacial score (nSPS) is 15.0. The minimum atomic E-state index is -0.107. The summed E-state index contributed by atoms with van der Waals surface area (Å²) < 4.78 is 15.4. The molecule has 0 radical (unpaired) electrons. The summed E-state index contributed by atoms with van der Waals surface area (Å²) in [6.07, 6.45) is 1.59. The fourth-order valence-electron chi connectivity index (χ4n) is 3.02. The van der Waals surface area contributed by atoms with Gasteiger partial charge in [-0.1, -0.05) is 12.1 Å². The van der Waals surface area contributed by atoms with Crippen LogP contribution in [0.1, 0.15) is 25.3 Å². The van der Waals surface area contributed by atoms with Crippen LogP contribution in [0.2, 0.25) is 0 Å². The number of hydrogen-bond acceptors (Lipinski definition) is 5. The van der Waals surface area contributed by atoms with Crippen molar-refractivity contribution in [2.75, 3.05) is 47.1 Å². The monoisotopic (exact) mass is 505 g/mol. The van der Waals surface area contributed by atoms with Gasteiger partial charge in [-0.3, -0.25) is 4.79 Å². The molecule has 2 rings (SSSR count). The molecule has 0 unspecified atom stereocenters. The first-order chi connectivity index (χ1) is 13.2. The van der Waals surface area contributed by atoms with Crippen molar-refractivity contribution in [2.24, 2.45) is 10.9 Å².